The van der Waals surface area contributed by atoms with Crippen LogP contribution in [0.4, 0.5) is 5.69 Å². The summed E-state index contributed by atoms with van der Waals surface area (Å²) in [6.07, 6.45) is 9.94. The highest BCUT2D eigenvalue weighted by atomic mass is 32.1. The smallest absolute Gasteiger partial charge is 0.131 e. The minimum atomic E-state index is -0.0106. The minimum Gasteiger partial charge on any atom is -0.496 e. The molecule has 0 aliphatic carbocycles. The number of nitrogens with zero attached hydrogens (tertiary/aromatic N) is 3. The summed E-state index contributed by atoms with van der Waals surface area (Å²) in [5.74, 6) is 0.917. The summed E-state index contributed by atoms with van der Waals surface area (Å²) in [4.78, 5) is 6.71. The predicted molar refractivity (Wildman–Crippen MR) is 179 cm³/mol. The van der Waals surface area contributed by atoms with Crippen LogP contribution in [0, 0.1) is 22.7 Å². The van der Waals surface area contributed by atoms with Crippen molar-refractivity contribution in [2.24, 2.45) is 0 Å². The molecule has 2 aliphatic rings. The van der Waals surface area contributed by atoms with Crippen molar-refractivity contribution in [3.8, 4) is 27.6 Å². The fourth-order valence-electron chi connectivity index (χ4n) is 5.99. The van der Waals surface area contributed by atoms with Gasteiger partial charge in [0.1, 0.15) is 11.8 Å². The monoisotopic (exact) mass is 591 g/mol. The van der Waals surface area contributed by atoms with E-state index in [0.717, 1.165) is 62.3 Å². The number of hydrogen-bond donors (Lipinski definition) is 0. The summed E-state index contributed by atoms with van der Waals surface area (Å²) in [6, 6.07) is 15.1. The normalized spacial score (nSPS) is 17.7. The number of thiophene rings is 2. The number of anilines is 1. The van der Waals surface area contributed by atoms with E-state index in [-0.39, 0.29) is 10.8 Å². The second-order valence-corrected chi connectivity index (χ2v) is 14.5. The second kappa shape index (κ2) is 11.4. The van der Waals surface area contributed by atoms with Crippen LogP contribution in [0.1, 0.15) is 73.9 Å². The largest absolute Gasteiger partial charge is 0.496 e. The Morgan fingerprint density at radius 2 is 1.67 bits per heavy atom. The zero-order chi connectivity index (χ0) is 30.2. The minimum absolute atomic E-state index is 0.0106. The fraction of sp³-hybridized carbons (Fsp3) is 0.333. The van der Waals surface area contributed by atoms with Gasteiger partial charge in [0, 0.05) is 55.0 Å². The second-order valence-electron chi connectivity index (χ2n) is 12.3. The van der Waals surface area contributed by atoms with Crippen LogP contribution < -0.4 is 9.64 Å². The number of ether oxygens (including phenoxy) is 1. The van der Waals surface area contributed by atoms with Crippen LogP contribution >= 0.6 is 22.7 Å². The van der Waals surface area contributed by atoms with Crippen molar-refractivity contribution in [3.05, 3.63) is 86.7 Å². The highest BCUT2D eigenvalue weighted by molar-refractivity contribution is 7.23. The van der Waals surface area contributed by atoms with E-state index in [1.54, 1.807) is 29.8 Å². The Balaban J connectivity index is 1.57. The fourth-order valence-corrected chi connectivity index (χ4v) is 8.06. The average Bonchev–Trinajstić information content (AvgIpc) is 3.64. The highest BCUT2D eigenvalue weighted by Gasteiger charge is 2.42. The van der Waals surface area contributed by atoms with Gasteiger partial charge in [-0.05, 0) is 90.3 Å². The first-order valence-corrected chi connectivity index (χ1v) is 15.9. The van der Waals surface area contributed by atoms with Gasteiger partial charge in [-0.1, -0.05) is 40.3 Å². The maximum absolute atomic E-state index is 10.2. The molecule has 0 unspecified atom stereocenters. The van der Waals surface area contributed by atoms with Gasteiger partial charge in [-0.25, -0.2) is 0 Å². The van der Waals surface area contributed by atoms with E-state index < -0.39 is 0 Å². The van der Waals surface area contributed by atoms with E-state index >= 15 is 0 Å². The molecule has 0 saturated heterocycles. The molecule has 0 N–H and O–H groups in total. The van der Waals surface area contributed by atoms with Crippen molar-refractivity contribution in [2.75, 3.05) is 25.1 Å². The zero-order valence-electron chi connectivity index (χ0n) is 25.3. The van der Waals surface area contributed by atoms with Gasteiger partial charge in [-0.15, -0.1) is 22.7 Å². The van der Waals surface area contributed by atoms with Crippen molar-refractivity contribution in [3.63, 3.8) is 0 Å². The standard InChI is InChI=1S/C36H37N3OS2/c1-8-24(19-26(22-38)29-11-12-31(42-29)30-10-9-27(41-30)17-23(2)21-37)18-25-20-28-33-32(34(25)40-7)36(5,6)14-16-39(33)15-13-35(28,3)4/h8-12,17-20H,1,13-16H2,2-7H3/b23-17-,24-18+,26-19+. The van der Waals surface area contributed by atoms with Gasteiger partial charge in [0.05, 0.1) is 18.8 Å². The predicted octanol–water partition coefficient (Wildman–Crippen LogP) is 9.76. The van der Waals surface area contributed by atoms with Gasteiger partial charge >= 0.3 is 0 Å². The molecular formula is C36H37N3OS2. The zero-order valence-corrected chi connectivity index (χ0v) is 26.9. The van der Waals surface area contributed by atoms with Crippen molar-refractivity contribution < 1.29 is 4.74 Å². The first-order chi connectivity index (χ1) is 20.0. The molecule has 4 heterocycles. The Morgan fingerprint density at radius 1 is 0.976 bits per heavy atom. The third-order valence-corrected chi connectivity index (χ3v) is 10.8. The topological polar surface area (TPSA) is 60.0 Å². The molecular weight excluding hydrogens is 555 g/mol. The Labute approximate surface area is 258 Å². The van der Waals surface area contributed by atoms with Crippen molar-refractivity contribution in [1.82, 2.24) is 0 Å². The Hall–Kier alpha value is -3.84. The van der Waals surface area contributed by atoms with Crippen LogP contribution in [-0.2, 0) is 10.8 Å². The van der Waals surface area contributed by atoms with E-state index in [4.69, 9.17) is 10.00 Å². The summed E-state index contributed by atoms with van der Waals surface area (Å²) in [6.45, 7) is 17.4. The molecule has 5 rings (SSSR count). The van der Waals surface area contributed by atoms with E-state index in [0.29, 0.717) is 11.1 Å². The maximum atomic E-state index is 10.2. The molecule has 0 spiro atoms. The number of methoxy groups -OCH3 is 1. The highest BCUT2D eigenvalue weighted by Crippen LogP contribution is 2.54. The third-order valence-electron chi connectivity index (χ3n) is 8.49. The van der Waals surface area contributed by atoms with Crippen LogP contribution in [0.2, 0.25) is 0 Å². The lowest BCUT2D eigenvalue weighted by atomic mass is 9.68. The number of allylic oxidation sites excluding steroid dienone is 5. The summed E-state index contributed by atoms with van der Waals surface area (Å²) >= 11 is 3.24. The van der Waals surface area contributed by atoms with E-state index in [2.05, 4.69) is 75.6 Å². The molecule has 4 nitrogen and oxygen atoms in total. The van der Waals surface area contributed by atoms with Crippen LogP contribution in [0.15, 0.2) is 60.2 Å². The molecule has 6 heteroatoms. The van der Waals surface area contributed by atoms with Crippen LogP contribution in [0.25, 0.3) is 27.5 Å². The Kier molecular flexibility index (Phi) is 8.08. The Morgan fingerprint density at radius 3 is 2.33 bits per heavy atom. The molecule has 0 bridgehead atoms. The lowest BCUT2D eigenvalue weighted by Crippen LogP contribution is -2.45. The third kappa shape index (κ3) is 5.50. The van der Waals surface area contributed by atoms with Crippen LogP contribution in [-0.4, -0.2) is 20.2 Å². The van der Waals surface area contributed by atoms with Gasteiger partial charge in [0.25, 0.3) is 0 Å². The van der Waals surface area contributed by atoms with Gasteiger partial charge in [-0.2, -0.15) is 10.5 Å². The number of nitriles is 2. The molecule has 0 amide bonds. The molecule has 1 aromatic carbocycles. The van der Waals surface area contributed by atoms with Gasteiger partial charge in [0.15, 0.2) is 0 Å². The van der Waals surface area contributed by atoms with E-state index in [1.165, 1.54) is 16.8 Å². The van der Waals surface area contributed by atoms with Crippen LogP contribution in [0.3, 0.4) is 0 Å². The van der Waals surface area contributed by atoms with E-state index in [1.807, 2.05) is 37.3 Å². The molecule has 0 atom stereocenters. The SMILES string of the molecule is C=CC(=C\c1cc2c3c(c1OC)C(C)(C)CCN3CCC2(C)C)/C=C(\C#N)c1ccc(-c2ccc(/C=C(/C)C#N)s2)s1. The van der Waals surface area contributed by atoms with Crippen molar-refractivity contribution >= 4 is 46.1 Å². The van der Waals surface area contributed by atoms with Crippen molar-refractivity contribution in [1.29, 1.82) is 10.5 Å². The number of hydrogen-bond acceptors (Lipinski definition) is 6. The molecule has 0 fully saturated rings. The summed E-state index contributed by atoms with van der Waals surface area (Å²) in [7, 11) is 1.77. The average molecular weight is 592 g/mol. The molecule has 2 aromatic heterocycles. The van der Waals surface area contributed by atoms with Crippen LogP contribution in [0.5, 0.6) is 5.75 Å². The molecule has 3 aromatic rings. The molecule has 0 radical (unpaired) electrons. The Bertz CT molecular complexity index is 1730. The first-order valence-electron chi connectivity index (χ1n) is 14.3. The van der Waals surface area contributed by atoms with Gasteiger partial charge in [-0.3, -0.25) is 0 Å². The number of rotatable bonds is 7. The summed E-state index contributed by atoms with van der Waals surface area (Å²) in [5.41, 5.74) is 7.23. The summed E-state index contributed by atoms with van der Waals surface area (Å²) in [5, 5.41) is 19.3. The van der Waals surface area contributed by atoms with Gasteiger partial charge < -0.3 is 9.64 Å². The van der Waals surface area contributed by atoms with Crippen molar-refractivity contribution in [2.45, 2.75) is 58.3 Å². The molecule has 0 saturated carbocycles. The molecule has 42 heavy (non-hydrogen) atoms. The molecule has 2 aliphatic heterocycles. The lowest BCUT2D eigenvalue weighted by molar-refractivity contribution is 0.362. The number of benzene rings is 1. The summed E-state index contributed by atoms with van der Waals surface area (Å²) < 4.78 is 6.16. The van der Waals surface area contributed by atoms with Gasteiger partial charge in [0.2, 0.25) is 0 Å². The molecule has 214 valence electrons. The van der Waals surface area contributed by atoms with E-state index in [9.17, 15) is 5.26 Å². The maximum Gasteiger partial charge on any atom is 0.131 e. The first kappa shape index (κ1) is 29.6. The lowest BCUT2D eigenvalue weighted by Gasteiger charge is -2.48. The quantitative estimate of drug-likeness (QED) is 0.203.